The fourth-order valence-electron chi connectivity index (χ4n) is 2.58. The minimum absolute atomic E-state index is 0.109. The van der Waals surface area contributed by atoms with Crippen LogP contribution in [-0.4, -0.2) is 20.8 Å². The molecule has 0 radical (unpaired) electrons. The number of aryl methyl sites for hydroxylation is 1. The molecule has 0 bridgehead atoms. The van der Waals surface area contributed by atoms with Crippen molar-refractivity contribution in [1.82, 2.24) is 14.8 Å². The summed E-state index contributed by atoms with van der Waals surface area (Å²) in [5, 5.41) is 10.5. The molecule has 0 atom stereocenters. The third-order valence-corrected chi connectivity index (χ3v) is 4.95. The summed E-state index contributed by atoms with van der Waals surface area (Å²) in [6.45, 7) is 8.47. The summed E-state index contributed by atoms with van der Waals surface area (Å²) in [6.07, 6.45) is 4.02. The summed E-state index contributed by atoms with van der Waals surface area (Å²) in [5.74, 6) is 0.538. The number of anilines is 2. The van der Waals surface area contributed by atoms with Gasteiger partial charge in [0.05, 0.1) is 5.69 Å². The number of hydrogen-bond donors (Lipinski definition) is 2. The number of urea groups is 1. The third kappa shape index (κ3) is 2.85. The van der Waals surface area contributed by atoms with Gasteiger partial charge in [0.1, 0.15) is 0 Å². The molecule has 0 saturated carbocycles. The summed E-state index contributed by atoms with van der Waals surface area (Å²) in [4.78, 5) is 17.9. The third-order valence-electron chi connectivity index (χ3n) is 3.91. The predicted octanol–water partition coefficient (Wildman–Crippen LogP) is 3.79. The minimum Gasteiger partial charge on any atom is -0.291 e. The molecule has 6 nitrogen and oxygen atoms in total. The van der Waals surface area contributed by atoms with Crippen molar-refractivity contribution in [1.29, 1.82) is 0 Å². The molecule has 0 aliphatic heterocycles. The number of fused-ring (bicyclic) bond motifs is 1. The monoisotopic (exact) mass is 319 g/mol. The van der Waals surface area contributed by atoms with E-state index in [2.05, 4.69) is 34.6 Å². The first-order chi connectivity index (χ1) is 10.3. The fraction of sp³-hybridized carbons (Fsp3) is 0.533. The lowest BCUT2D eigenvalue weighted by molar-refractivity contribution is 0.262. The van der Waals surface area contributed by atoms with Crippen LogP contribution in [0.2, 0.25) is 0 Å². The number of thiazole rings is 1. The lowest BCUT2D eigenvalue weighted by atomic mass is 9.91. The highest BCUT2D eigenvalue weighted by molar-refractivity contribution is 7.16. The second-order valence-corrected chi connectivity index (χ2v) is 7.61. The second-order valence-electron chi connectivity index (χ2n) is 6.53. The molecule has 7 heteroatoms. The number of amides is 2. The van der Waals surface area contributed by atoms with Gasteiger partial charge in [0.15, 0.2) is 10.9 Å². The van der Waals surface area contributed by atoms with E-state index >= 15 is 0 Å². The van der Waals surface area contributed by atoms with Gasteiger partial charge in [-0.25, -0.2) is 9.78 Å². The number of nitrogens with one attached hydrogen (secondary N) is 2. The van der Waals surface area contributed by atoms with Crippen LogP contribution in [0.25, 0.3) is 0 Å². The molecule has 0 aromatic carbocycles. The van der Waals surface area contributed by atoms with Gasteiger partial charge in [0.2, 0.25) is 0 Å². The maximum Gasteiger partial charge on any atom is 0.326 e. The van der Waals surface area contributed by atoms with E-state index in [-0.39, 0.29) is 17.5 Å². The van der Waals surface area contributed by atoms with Crippen molar-refractivity contribution in [2.75, 3.05) is 10.6 Å². The van der Waals surface area contributed by atoms with Gasteiger partial charge in [-0.15, -0.1) is 11.3 Å². The lowest BCUT2D eigenvalue weighted by Gasteiger charge is -2.15. The van der Waals surface area contributed by atoms with Crippen molar-refractivity contribution in [2.24, 2.45) is 0 Å². The molecular weight excluding hydrogens is 298 g/mol. The predicted molar refractivity (Wildman–Crippen MR) is 88.7 cm³/mol. The Labute approximate surface area is 133 Å². The zero-order valence-electron chi connectivity index (χ0n) is 13.3. The van der Waals surface area contributed by atoms with E-state index in [1.54, 1.807) is 22.1 Å². The Bertz CT molecular complexity index is 701. The highest BCUT2D eigenvalue weighted by atomic mass is 32.1. The average molecular weight is 319 g/mol. The molecular formula is C15H21N5OS. The molecule has 0 fully saturated rings. The highest BCUT2D eigenvalue weighted by Crippen LogP contribution is 2.42. The van der Waals surface area contributed by atoms with Crippen LogP contribution in [-0.2, 0) is 11.8 Å². The van der Waals surface area contributed by atoms with Crippen LogP contribution in [0, 0.1) is 0 Å². The van der Waals surface area contributed by atoms with Crippen LogP contribution < -0.4 is 10.6 Å². The molecule has 2 N–H and O–H groups in total. The standard InChI is InChI=1S/C15H21N5OS/c1-9(2)20-8-6-11(19-20)16-13(21)18-14-17-12-10(22-14)5-7-15(12,3)4/h6,8-9H,5,7H2,1-4H3,(H2,16,17,18,19,21). The van der Waals surface area contributed by atoms with Crippen LogP contribution in [0.15, 0.2) is 12.3 Å². The summed E-state index contributed by atoms with van der Waals surface area (Å²) in [7, 11) is 0. The molecule has 2 heterocycles. The molecule has 118 valence electrons. The van der Waals surface area contributed by atoms with Crippen molar-refractivity contribution in [3.63, 3.8) is 0 Å². The highest BCUT2D eigenvalue weighted by Gasteiger charge is 2.33. The molecule has 2 amide bonds. The van der Waals surface area contributed by atoms with Gasteiger partial charge in [-0.2, -0.15) is 5.10 Å². The zero-order valence-corrected chi connectivity index (χ0v) is 14.1. The Morgan fingerprint density at radius 3 is 2.82 bits per heavy atom. The van der Waals surface area contributed by atoms with E-state index in [0.29, 0.717) is 10.9 Å². The first-order valence-corrected chi connectivity index (χ1v) is 8.30. The van der Waals surface area contributed by atoms with Crippen LogP contribution in [0.4, 0.5) is 15.7 Å². The normalized spacial score (nSPS) is 15.9. The van der Waals surface area contributed by atoms with Gasteiger partial charge in [0, 0.05) is 28.6 Å². The van der Waals surface area contributed by atoms with Gasteiger partial charge in [-0.1, -0.05) is 13.8 Å². The van der Waals surface area contributed by atoms with Gasteiger partial charge in [-0.3, -0.25) is 15.3 Å². The van der Waals surface area contributed by atoms with Crippen LogP contribution >= 0.6 is 11.3 Å². The number of nitrogens with zero attached hydrogens (tertiary/aromatic N) is 3. The number of carbonyl (C=O) groups excluding carboxylic acids is 1. The largest absolute Gasteiger partial charge is 0.326 e. The van der Waals surface area contributed by atoms with E-state index in [1.807, 2.05) is 20.0 Å². The van der Waals surface area contributed by atoms with Crippen molar-refractivity contribution in [3.05, 3.63) is 22.8 Å². The van der Waals surface area contributed by atoms with Crippen LogP contribution in [0.1, 0.15) is 50.7 Å². The summed E-state index contributed by atoms with van der Waals surface area (Å²) < 4.78 is 1.80. The number of aromatic nitrogens is 3. The quantitative estimate of drug-likeness (QED) is 0.904. The van der Waals surface area contributed by atoms with Gasteiger partial charge in [0.25, 0.3) is 0 Å². The van der Waals surface area contributed by atoms with Crippen molar-refractivity contribution < 1.29 is 4.79 Å². The maximum atomic E-state index is 12.0. The SMILES string of the molecule is CC(C)n1ccc(NC(=O)Nc2nc3c(s2)CCC3(C)C)n1. The van der Waals surface area contributed by atoms with E-state index in [1.165, 1.54) is 4.88 Å². The van der Waals surface area contributed by atoms with E-state index in [9.17, 15) is 4.79 Å². The van der Waals surface area contributed by atoms with E-state index in [4.69, 9.17) is 0 Å². The lowest BCUT2D eigenvalue weighted by Crippen LogP contribution is -2.20. The molecule has 2 aromatic rings. The Morgan fingerprint density at radius 1 is 1.41 bits per heavy atom. The Balaban J connectivity index is 1.65. The molecule has 0 spiro atoms. The molecule has 0 unspecified atom stereocenters. The van der Waals surface area contributed by atoms with Crippen LogP contribution in [0.5, 0.6) is 0 Å². The molecule has 0 saturated heterocycles. The topological polar surface area (TPSA) is 71.8 Å². The fourth-order valence-corrected chi connectivity index (χ4v) is 3.72. The van der Waals surface area contributed by atoms with E-state index in [0.717, 1.165) is 18.5 Å². The smallest absolute Gasteiger partial charge is 0.291 e. The minimum atomic E-state index is -0.306. The van der Waals surface area contributed by atoms with Gasteiger partial charge in [-0.05, 0) is 26.7 Å². The molecule has 3 rings (SSSR count). The average Bonchev–Trinajstić information content (AvgIpc) is 3.08. The molecule has 22 heavy (non-hydrogen) atoms. The first-order valence-electron chi connectivity index (χ1n) is 7.48. The Morgan fingerprint density at radius 2 is 2.18 bits per heavy atom. The number of hydrogen-bond acceptors (Lipinski definition) is 4. The molecule has 1 aliphatic carbocycles. The van der Waals surface area contributed by atoms with Crippen molar-refractivity contribution in [3.8, 4) is 0 Å². The summed E-state index contributed by atoms with van der Waals surface area (Å²) in [6, 6.07) is 1.74. The zero-order chi connectivity index (χ0) is 15.9. The van der Waals surface area contributed by atoms with E-state index < -0.39 is 0 Å². The van der Waals surface area contributed by atoms with Crippen molar-refractivity contribution in [2.45, 2.75) is 52.0 Å². The number of rotatable bonds is 3. The molecule has 2 aromatic heterocycles. The summed E-state index contributed by atoms with van der Waals surface area (Å²) >= 11 is 1.56. The Kier molecular flexibility index (Phi) is 3.68. The van der Waals surface area contributed by atoms with Gasteiger partial charge >= 0.3 is 6.03 Å². The second kappa shape index (κ2) is 5.39. The molecule has 1 aliphatic rings. The van der Waals surface area contributed by atoms with Crippen LogP contribution in [0.3, 0.4) is 0 Å². The summed E-state index contributed by atoms with van der Waals surface area (Å²) in [5.41, 5.74) is 1.23. The number of carbonyl (C=O) groups is 1. The Hall–Kier alpha value is -1.89. The maximum absolute atomic E-state index is 12.0. The van der Waals surface area contributed by atoms with Gasteiger partial charge < -0.3 is 0 Å². The van der Waals surface area contributed by atoms with Crippen molar-refractivity contribution >= 4 is 28.3 Å². The first kappa shape index (κ1) is 15.0.